The van der Waals surface area contributed by atoms with Crippen molar-refractivity contribution >= 4 is 91.2 Å². The van der Waals surface area contributed by atoms with Crippen molar-refractivity contribution in [2.24, 2.45) is 0 Å². The van der Waals surface area contributed by atoms with Crippen molar-refractivity contribution in [1.29, 1.82) is 0 Å². The van der Waals surface area contributed by atoms with E-state index in [4.69, 9.17) is 9.40 Å². The fourth-order valence-electron chi connectivity index (χ4n) is 7.71. The second kappa shape index (κ2) is 12.6. The molecule has 54 heavy (non-hydrogen) atoms. The number of fused-ring (bicyclic) bond motifs is 7. The zero-order valence-corrected chi connectivity index (χ0v) is 30.6. The van der Waals surface area contributed by atoms with Gasteiger partial charge in [0.15, 0.2) is 5.58 Å². The minimum atomic E-state index is 0.615. The highest BCUT2D eigenvalue weighted by Crippen LogP contribution is 2.45. The number of hydrogen-bond donors (Lipinski definition) is 0. The number of anilines is 3. The van der Waals surface area contributed by atoms with Gasteiger partial charge in [0.1, 0.15) is 5.52 Å². The van der Waals surface area contributed by atoms with Gasteiger partial charge in [0, 0.05) is 62.8 Å². The summed E-state index contributed by atoms with van der Waals surface area (Å²) >= 11 is 3.70. The Morgan fingerprint density at radius 1 is 0.407 bits per heavy atom. The van der Waals surface area contributed by atoms with Crippen molar-refractivity contribution in [3.8, 4) is 33.7 Å². The van der Waals surface area contributed by atoms with Gasteiger partial charge in [0.2, 0.25) is 5.89 Å². The molecule has 0 saturated carbocycles. The highest BCUT2D eigenvalue weighted by atomic mass is 32.1. The maximum absolute atomic E-state index is 6.15. The van der Waals surface area contributed by atoms with Crippen LogP contribution in [-0.4, -0.2) is 4.98 Å². The van der Waals surface area contributed by atoms with Crippen molar-refractivity contribution in [2.45, 2.75) is 0 Å². The smallest absolute Gasteiger partial charge is 0.227 e. The van der Waals surface area contributed by atoms with Crippen LogP contribution in [0, 0.1) is 0 Å². The lowest BCUT2D eigenvalue weighted by molar-refractivity contribution is 0.620. The number of aromatic nitrogens is 1. The zero-order valence-electron chi connectivity index (χ0n) is 28.9. The Morgan fingerprint density at radius 2 is 1.00 bits per heavy atom. The summed E-state index contributed by atoms with van der Waals surface area (Å²) in [6, 6.07) is 65.3. The molecule has 0 saturated heterocycles. The van der Waals surface area contributed by atoms with E-state index in [1.54, 1.807) is 0 Å². The van der Waals surface area contributed by atoms with Crippen LogP contribution in [0.1, 0.15) is 0 Å². The van der Waals surface area contributed by atoms with Crippen LogP contribution >= 0.6 is 22.7 Å². The molecule has 3 aromatic heterocycles. The maximum Gasteiger partial charge on any atom is 0.227 e. The molecule has 11 rings (SSSR count). The third kappa shape index (κ3) is 5.20. The number of para-hydroxylation sites is 3. The first-order valence-corrected chi connectivity index (χ1v) is 19.7. The standard InChI is InChI=1S/C49H30N2OS2/c1-5-16-43(37(12-1)34-23-27-48-41(30-34)39-14-3-8-19-46(39)54-48)51(35-24-20-31(21-25-35)49-50-42-15-4-6-17-44(42)52-49)36-11-9-10-32(28-36)33-22-26-47-40(29-33)38-13-2-7-18-45(38)53-47/h1-30H. The van der Waals surface area contributed by atoms with Crippen molar-refractivity contribution in [2.75, 3.05) is 4.90 Å². The molecule has 3 nitrogen and oxygen atoms in total. The Kier molecular flexibility index (Phi) is 7.22. The Hall–Kier alpha value is -6.53. The van der Waals surface area contributed by atoms with Gasteiger partial charge >= 0.3 is 0 Å². The fraction of sp³-hybridized carbons (Fsp3) is 0. The Labute approximate surface area is 319 Å². The molecule has 0 bridgehead atoms. The van der Waals surface area contributed by atoms with Crippen molar-refractivity contribution < 1.29 is 4.42 Å². The molecule has 0 spiro atoms. The fourth-order valence-corrected chi connectivity index (χ4v) is 9.89. The van der Waals surface area contributed by atoms with E-state index >= 15 is 0 Å². The van der Waals surface area contributed by atoms with Crippen LogP contribution in [0.3, 0.4) is 0 Å². The molecule has 11 aromatic rings. The lowest BCUT2D eigenvalue weighted by Crippen LogP contribution is -2.11. The molecule has 5 heteroatoms. The number of thiophene rings is 2. The first kappa shape index (κ1) is 31.0. The normalized spacial score (nSPS) is 11.7. The molecule has 8 aromatic carbocycles. The molecule has 0 aliphatic carbocycles. The summed E-state index contributed by atoms with van der Waals surface area (Å²) in [6.07, 6.45) is 0. The zero-order chi connectivity index (χ0) is 35.6. The van der Waals surface area contributed by atoms with Gasteiger partial charge in [0.25, 0.3) is 0 Å². The largest absolute Gasteiger partial charge is 0.436 e. The molecule has 0 amide bonds. The topological polar surface area (TPSA) is 29.3 Å². The average molecular weight is 727 g/mol. The molecule has 254 valence electrons. The first-order valence-electron chi connectivity index (χ1n) is 18.0. The molecule has 3 heterocycles. The van der Waals surface area contributed by atoms with E-state index in [1.165, 1.54) is 57.0 Å². The summed E-state index contributed by atoms with van der Waals surface area (Å²) in [5.41, 5.74) is 10.5. The van der Waals surface area contributed by atoms with E-state index in [0.29, 0.717) is 5.89 Å². The Bertz CT molecular complexity index is 3150. The van der Waals surface area contributed by atoms with E-state index in [0.717, 1.165) is 39.3 Å². The van der Waals surface area contributed by atoms with Crippen molar-refractivity contribution in [1.82, 2.24) is 4.98 Å². The minimum absolute atomic E-state index is 0.615. The molecule has 0 radical (unpaired) electrons. The van der Waals surface area contributed by atoms with Gasteiger partial charge in [-0.2, -0.15) is 0 Å². The molecule has 0 aliphatic heterocycles. The SMILES string of the molecule is c1cc(-c2ccc3sc4ccccc4c3c2)cc(N(c2ccc(-c3nc4ccccc4o3)cc2)c2ccccc2-c2ccc3sc4ccccc4c3c2)c1. The van der Waals surface area contributed by atoms with Crippen molar-refractivity contribution in [3.05, 3.63) is 182 Å². The number of nitrogens with zero attached hydrogens (tertiary/aromatic N) is 2. The van der Waals surface area contributed by atoms with Crippen LogP contribution in [0.4, 0.5) is 17.1 Å². The van der Waals surface area contributed by atoms with Crippen LogP contribution in [-0.2, 0) is 0 Å². The van der Waals surface area contributed by atoms with E-state index < -0.39 is 0 Å². The van der Waals surface area contributed by atoms with Gasteiger partial charge in [-0.15, -0.1) is 22.7 Å². The Morgan fingerprint density at radius 3 is 1.76 bits per heavy atom. The molecule has 0 fully saturated rings. The summed E-state index contributed by atoms with van der Waals surface area (Å²) in [7, 11) is 0. The van der Waals surface area contributed by atoms with E-state index in [1.807, 2.05) is 46.9 Å². The molecule has 0 aliphatic rings. The monoisotopic (exact) mass is 726 g/mol. The highest BCUT2D eigenvalue weighted by molar-refractivity contribution is 7.26. The molecule has 0 atom stereocenters. The predicted molar refractivity (Wildman–Crippen MR) is 231 cm³/mol. The van der Waals surface area contributed by atoms with Crippen LogP contribution in [0.15, 0.2) is 186 Å². The molecular formula is C49H30N2OS2. The van der Waals surface area contributed by atoms with Crippen molar-refractivity contribution in [3.63, 3.8) is 0 Å². The van der Waals surface area contributed by atoms with Crippen LogP contribution < -0.4 is 4.90 Å². The summed E-state index contributed by atoms with van der Waals surface area (Å²) in [6.45, 7) is 0. The summed E-state index contributed by atoms with van der Waals surface area (Å²) in [5, 5.41) is 5.19. The minimum Gasteiger partial charge on any atom is -0.436 e. The van der Waals surface area contributed by atoms with Gasteiger partial charge in [-0.3, -0.25) is 0 Å². The van der Waals surface area contributed by atoms with Gasteiger partial charge < -0.3 is 9.32 Å². The first-order chi connectivity index (χ1) is 26.7. The summed E-state index contributed by atoms with van der Waals surface area (Å²) in [4.78, 5) is 7.15. The van der Waals surface area contributed by atoms with Gasteiger partial charge in [-0.25, -0.2) is 4.98 Å². The summed E-state index contributed by atoms with van der Waals surface area (Å²) < 4.78 is 11.4. The van der Waals surface area contributed by atoms with Crippen LogP contribution in [0.5, 0.6) is 0 Å². The number of rotatable bonds is 6. The molecule has 0 N–H and O–H groups in total. The van der Waals surface area contributed by atoms with Gasteiger partial charge in [0.05, 0.1) is 5.69 Å². The van der Waals surface area contributed by atoms with Gasteiger partial charge in [-0.1, -0.05) is 91.0 Å². The maximum atomic E-state index is 6.15. The van der Waals surface area contributed by atoms with Crippen LogP contribution in [0.25, 0.3) is 85.2 Å². The lowest BCUT2D eigenvalue weighted by Gasteiger charge is -2.28. The number of hydrogen-bond acceptors (Lipinski definition) is 5. The summed E-state index contributed by atoms with van der Waals surface area (Å²) in [5.74, 6) is 0.615. The van der Waals surface area contributed by atoms with E-state index in [9.17, 15) is 0 Å². The highest BCUT2D eigenvalue weighted by Gasteiger charge is 2.20. The van der Waals surface area contributed by atoms with E-state index in [-0.39, 0.29) is 0 Å². The quantitative estimate of drug-likeness (QED) is 0.171. The number of benzene rings is 8. The van der Waals surface area contributed by atoms with Gasteiger partial charge in [-0.05, 0) is 108 Å². The second-order valence-corrected chi connectivity index (χ2v) is 15.7. The third-order valence-corrected chi connectivity index (χ3v) is 12.6. The third-order valence-electron chi connectivity index (χ3n) is 10.3. The van der Waals surface area contributed by atoms with Crippen LogP contribution in [0.2, 0.25) is 0 Å². The van der Waals surface area contributed by atoms with E-state index in [2.05, 4.69) is 163 Å². The molecular weight excluding hydrogens is 697 g/mol. The lowest BCUT2D eigenvalue weighted by atomic mass is 9.98. The second-order valence-electron chi connectivity index (χ2n) is 13.6. The molecule has 0 unspecified atom stereocenters. The predicted octanol–water partition coefficient (Wildman–Crippen LogP) is 15.0. The number of oxazole rings is 1. The average Bonchev–Trinajstić information content (AvgIpc) is 3.95. The Balaban J connectivity index is 1.07.